The van der Waals surface area contributed by atoms with Crippen LogP contribution >= 0.6 is 0 Å². The fourth-order valence-corrected chi connectivity index (χ4v) is 2.66. The molecular weight excluding hydrogens is 278 g/mol. The van der Waals surface area contributed by atoms with Crippen molar-refractivity contribution >= 4 is 16.6 Å². The molecule has 3 aromatic rings. The third-order valence-corrected chi connectivity index (χ3v) is 3.76. The van der Waals surface area contributed by atoms with E-state index in [9.17, 15) is 0 Å². The van der Waals surface area contributed by atoms with Crippen molar-refractivity contribution in [3.63, 3.8) is 0 Å². The first kappa shape index (κ1) is 12.9. The van der Waals surface area contributed by atoms with Gasteiger partial charge in [0.2, 0.25) is 6.79 Å². The number of fused-ring (bicyclic) bond motifs is 2. The van der Waals surface area contributed by atoms with Crippen LogP contribution in [-0.2, 0) is 6.54 Å². The van der Waals surface area contributed by atoms with Crippen molar-refractivity contribution in [2.75, 3.05) is 18.7 Å². The lowest BCUT2D eigenvalue weighted by Gasteiger charge is -2.20. The molecule has 0 atom stereocenters. The van der Waals surface area contributed by atoms with E-state index in [0.717, 1.165) is 40.2 Å². The molecule has 5 heteroatoms. The summed E-state index contributed by atoms with van der Waals surface area (Å²) in [4.78, 5) is 10.9. The number of rotatable bonds is 3. The molecule has 0 fully saturated rings. The number of ether oxygens (including phenoxy) is 2. The highest BCUT2D eigenvalue weighted by Gasteiger charge is 2.14. The van der Waals surface area contributed by atoms with Gasteiger partial charge < -0.3 is 14.4 Å². The number of anilines is 1. The number of benzene rings is 1. The van der Waals surface area contributed by atoms with E-state index in [0.29, 0.717) is 6.79 Å². The maximum absolute atomic E-state index is 5.43. The predicted octanol–water partition coefficient (Wildman–Crippen LogP) is 2.99. The van der Waals surface area contributed by atoms with Gasteiger partial charge in [0.05, 0.1) is 17.4 Å². The number of pyridine rings is 2. The minimum Gasteiger partial charge on any atom is -0.454 e. The van der Waals surface area contributed by atoms with Gasteiger partial charge in [0, 0.05) is 31.4 Å². The van der Waals surface area contributed by atoms with Crippen LogP contribution in [-0.4, -0.2) is 23.8 Å². The van der Waals surface area contributed by atoms with Crippen molar-refractivity contribution < 1.29 is 9.47 Å². The molecule has 1 aromatic carbocycles. The normalized spacial score (nSPS) is 12.6. The molecule has 0 saturated heterocycles. The van der Waals surface area contributed by atoms with E-state index in [4.69, 9.17) is 9.47 Å². The second-order valence-corrected chi connectivity index (χ2v) is 5.28. The van der Waals surface area contributed by atoms with Gasteiger partial charge in [-0.25, -0.2) is 0 Å². The highest BCUT2D eigenvalue weighted by Crippen LogP contribution is 2.33. The molecule has 0 unspecified atom stereocenters. The van der Waals surface area contributed by atoms with Gasteiger partial charge in [-0.15, -0.1) is 0 Å². The molecule has 22 heavy (non-hydrogen) atoms. The second-order valence-electron chi connectivity index (χ2n) is 5.28. The summed E-state index contributed by atoms with van der Waals surface area (Å²) < 4.78 is 10.8. The summed E-state index contributed by atoms with van der Waals surface area (Å²) in [5, 5.41) is 1.04. The Morgan fingerprint density at radius 3 is 3.00 bits per heavy atom. The summed E-state index contributed by atoms with van der Waals surface area (Å²) >= 11 is 0. The summed E-state index contributed by atoms with van der Waals surface area (Å²) in [7, 11) is 2.04. The van der Waals surface area contributed by atoms with Crippen molar-refractivity contribution in [2.45, 2.75) is 6.54 Å². The van der Waals surface area contributed by atoms with Gasteiger partial charge in [0.25, 0.3) is 0 Å². The molecule has 5 nitrogen and oxygen atoms in total. The van der Waals surface area contributed by atoms with Crippen LogP contribution in [0.2, 0.25) is 0 Å². The van der Waals surface area contributed by atoms with Crippen LogP contribution in [0.5, 0.6) is 11.5 Å². The fourth-order valence-electron chi connectivity index (χ4n) is 2.66. The maximum Gasteiger partial charge on any atom is 0.231 e. The minimum absolute atomic E-state index is 0.297. The highest BCUT2D eigenvalue weighted by molar-refractivity contribution is 5.89. The van der Waals surface area contributed by atoms with Gasteiger partial charge in [-0.3, -0.25) is 9.97 Å². The Kier molecular flexibility index (Phi) is 3.04. The van der Waals surface area contributed by atoms with E-state index in [1.165, 1.54) is 0 Å². The van der Waals surface area contributed by atoms with Crippen LogP contribution in [0.25, 0.3) is 10.9 Å². The quantitative estimate of drug-likeness (QED) is 0.743. The lowest BCUT2D eigenvalue weighted by molar-refractivity contribution is 0.174. The van der Waals surface area contributed by atoms with Crippen LogP contribution in [0.15, 0.2) is 48.9 Å². The molecule has 4 rings (SSSR count). The van der Waals surface area contributed by atoms with Crippen molar-refractivity contribution in [1.29, 1.82) is 0 Å². The predicted molar refractivity (Wildman–Crippen MR) is 84.2 cm³/mol. The Labute approximate surface area is 128 Å². The van der Waals surface area contributed by atoms with Crippen molar-refractivity contribution in [3.8, 4) is 11.5 Å². The van der Waals surface area contributed by atoms with Gasteiger partial charge >= 0.3 is 0 Å². The third kappa shape index (κ3) is 2.20. The molecule has 1 aliphatic rings. The molecule has 0 N–H and O–H groups in total. The molecule has 110 valence electrons. The van der Waals surface area contributed by atoms with Gasteiger partial charge in [-0.1, -0.05) is 6.07 Å². The SMILES string of the molecule is CN(Cc1ccc2c(c1)OCO2)c1cncc2cccnc12. The van der Waals surface area contributed by atoms with E-state index in [1.807, 2.05) is 43.7 Å². The number of aromatic nitrogens is 2. The summed E-state index contributed by atoms with van der Waals surface area (Å²) in [6, 6.07) is 9.96. The van der Waals surface area contributed by atoms with Crippen molar-refractivity contribution in [1.82, 2.24) is 9.97 Å². The maximum atomic E-state index is 5.43. The largest absolute Gasteiger partial charge is 0.454 e. The molecule has 0 saturated carbocycles. The Hall–Kier alpha value is -2.82. The molecule has 0 radical (unpaired) electrons. The first-order valence-corrected chi connectivity index (χ1v) is 7.10. The Balaban J connectivity index is 1.65. The van der Waals surface area contributed by atoms with Crippen LogP contribution < -0.4 is 14.4 Å². The van der Waals surface area contributed by atoms with Crippen LogP contribution in [0.3, 0.4) is 0 Å². The molecule has 1 aliphatic heterocycles. The molecule has 3 heterocycles. The molecule has 0 bridgehead atoms. The summed E-state index contributed by atoms with van der Waals surface area (Å²) in [5.41, 5.74) is 3.12. The molecular formula is C17H15N3O2. The number of hydrogen-bond donors (Lipinski definition) is 0. The highest BCUT2D eigenvalue weighted by atomic mass is 16.7. The van der Waals surface area contributed by atoms with E-state index < -0.39 is 0 Å². The van der Waals surface area contributed by atoms with Crippen molar-refractivity contribution in [2.24, 2.45) is 0 Å². The average molecular weight is 293 g/mol. The van der Waals surface area contributed by atoms with Crippen molar-refractivity contribution in [3.05, 3.63) is 54.5 Å². The van der Waals surface area contributed by atoms with E-state index >= 15 is 0 Å². The lowest BCUT2D eigenvalue weighted by atomic mass is 10.1. The third-order valence-electron chi connectivity index (χ3n) is 3.76. The first-order chi connectivity index (χ1) is 10.8. The first-order valence-electron chi connectivity index (χ1n) is 7.10. The Bertz CT molecular complexity index is 830. The summed E-state index contributed by atoms with van der Waals surface area (Å²) in [5.74, 6) is 1.61. The molecule has 2 aromatic heterocycles. The monoisotopic (exact) mass is 293 g/mol. The number of hydrogen-bond acceptors (Lipinski definition) is 5. The molecule has 0 aliphatic carbocycles. The van der Waals surface area contributed by atoms with Crippen LogP contribution in [0.1, 0.15) is 5.56 Å². The summed E-state index contributed by atoms with van der Waals surface area (Å²) in [6.45, 7) is 1.04. The Morgan fingerprint density at radius 2 is 2.05 bits per heavy atom. The number of nitrogens with zero attached hydrogens (tertiary/aromatic N) is 3. The fraction of sp³-hybridized carbons (Fsp3) is 0.176. The van der Waals surface area contributed by atoms with E-state index in [2.05, 4.69) is 20.9 Å². The Morgan fingerprint density at radius 1 is 1.14 bits per heavy atom. The minimum atomic E-state index is 0.297. The van der Waals surface area contributed by atoms with Crippen LogP contribution in [0, 0.1) is 0 Å². The lowest BCUT2D eigenvalue weighted by Crippen LogP contribution is -2.17. The smallest absolute Gasteiger partial charge is 0.231 e. The second kappa shape index (κ2) is 5.18. The van der Waals surface area contributed by atoms with Gasteiger partial charge in [0.1, 0.15) is 0 Å². The zero-order valence-electron chi connectivity index (χ0n) is 12.2. The van der Waals surface area contributed by atoms with Gasteiger partial charge in [-0.2, -0.15) is 0 Å². The topological polar surface area (TPSA) is 47.5 Å². The molecule has 0 amide bonds. The zero-order chi connectivity index (χ0) is 14.9. The van der Waals surface area contributed by atoms with Gasteiger partial charge in [-0.05, 0) is 29.8 Å². The zero-order valence-corrected chi connectivity index (χ0v) is 12.2. The van der Waals surface area contributed by atoms with Crippen LogP contribution in [0.4, 0.5) is 5.69 Å². The standard InChI is InChI=1S/C17H15N3O2/c1-20(10-12-4-5-15-16(7-12)22-11-21-15)14-9-18-8-13-3-2-6-19-17(13)14/h2-9H,10-11H2,1H3. The van der Waals surface area contributed by atoms with E-state index in [1.54, 1.807) is 6.20 Å². The average Bonchev–Trinajstić information content (AvgIpc) is 3.02. The van der Waals surface area contributed by atoms with Gasteiger partial charge in [0.15, 0.2) is 11.5 Å². The summed E-state index contributed by atoms with van der Waals surface area (Å²) in [6.07, 6.45) is 5.49. The van der Waals surface area contributed by atoms with E-state index in [-0.39, 0.29) is 0 Å². The molecule has 0 spiro atoms.